The molecule has 1 N–H and O–H groups in total. The first-order valence-electron chi connectivity index (χ1n) is 8.98. The van der Waals surface area contributed by atoms with Crippen LogP contribution in [-0.2, 0) is 14.8 Å². The van der Waals surface area contributed by atoms with Crippen LogP contribution < -0.4 is 4.74 Å². The van der Waals surface area contributed by atoms with E-state index < -0.39 is 16.0 Å². The second-order valence-electron chi connectivity index (χ2n) is 6.16. The number of carbonyl (C=O) groups excluding carboxylic acids is 1. The number of hydrogen-bond acceptors (Lipinski definition) is 7. The first-order chi connectivity index (χ1) is 13.9. The molecule has 1 aromatic heterocycles. The number of carbonyl (C=O) groups is 1. The summed E-state index contributed by atoms with van der Waals surface area (Å²) in [6, 6.07) is 7.75. The molecule has 2 aromatic carbocycles. The van der Waals surface area contributed by atoms with Crippen LogP contribution in [0.15, 0.2) is 35.2 Å². The molecule has 0 spiro atoms. The van der Waals surface area contributed by atoms with Gasteiger partial charge in [0.15, 0.2) is 0 Å². The maximum absolute atomic E-state index is 13.0. The van der Waals surface area contributed by atoms with Gasteiger partial charge in [-0.15, -0.1) is 0 Å². The minimum atomic E-state index is -3.69. The molecule has 29 heavy (non-hydrogen) atoms. The normalized spacial score (nSPS) is 11.8. The van der Waals surface area contributed by atoms with E-state index in [0.717, 1.165) is 0 Å². The van der Waals surface area contributed by atoms with Gasteiger partial charge in [-0.3, -0.25) is 0 Å². The molecule has 0 aliphatic rings. The van der Waals surface area contributed by atoms with Gasteiger partial charge in [-0.05, 0) is 30.3 Å². The standard InChI is InChI=1S/C19H22N4O5S/c1-5-23(6-2)29(25,26)13-7-8-17(27-3)14(11-13)15-9-12(19(24)28-4)10-16-18(15)21-22-20-16/h7-11H,5-6H2,1-4H3,(H,20,21,22). The molecule has 0 saturated carbocycles. The molecule has 10 heteroatoms. The largest absolute Gasteiger partial charge is 0.496 e. The Bertz CT molecular complexity index is 1150. The van der Waals surface area contributed by atoms with Gasteiger partial charge in [0.25, 0.3) is 0 Å². The van der Waals surface area contributed by atoms with Gasteiger partial charge in [0.2, 0.25) is 10.0 Å². The fraction of sp³-hybridized carbons (Fsp3) is 0.316. The van der Waals surface area contributed by atoms with Crippen molar-refractivity contribution in [2.75, 3.05) is 27.3 Å². The molecule has 0 fully saturated rings. The predicted octanol–water partition coefficient (Wildman–Crippen LogP) is 2.45. The lowest BCUT2D eigenvalue weighted by Crippen LogP contribution is -2.30. The molecule has 3 aromatic rings. The van der Waals surface area contributed by atoms with Crippen LogP contribution in [0.4, 0.5) is 0 Å². The van der Waals surface area contributed by atoms with Gasteiger partial charge in [0.05, 0.1) is 24.7 Å². The van der Waals surface area contributed by atoms with Crippen LogP contribution in [0.5, 0.6) is 5.75 Å². The molecule has 0 bridgehead atoms. The summed E-state index contributed by atoms with van der Waals surface area (Å²) in [7, 11) is -0.913. The molecular formula is C19H22N4O5S. The number of H-pyrrole nitrogens is 1. The maximum Gasteiger partial charge on any atom is 0.337 e. The number of rotatable bonds is 7. The highest BCUT2D eigenvalue weighted by Gasteiger charge is 2.24. The van der Waals surface area contributed by atoms with Crippen LogP contribution in [0.2, 0.25) is 0 Å². The van der Waals surface area contributed by atoms with Crippen LogP contribution in [0.25, 0.3) is 22.2 Å². The van der Waals surface area contributed by atoms with Crippen molar-refractivity contribution in [2.24, 2.45) is 0 Å². The summed E-state index contributed by atoms with van der Waals surface area (Å²) >= 11 is 0. The minimum absolute atomic E-state index is 0.122. The summed E-state index contributed by atoms with van der Waals surface area (Å²) in [4.78, 5) is 12.2. The molecule has 0 amide bonds. The van der Waals surface area contributed by atoms with Crippen molar-refractivity contribution in [3.8, 4) is 16.9 Å². The Balaban J connectivity index is 2.28. The van der Waals surface area contributed by atoms with Crippen LogP contribution >= 0.6 is 0 Å². The van der Waals surface area contributed by atoms with E-state index in [-0.39, 0.29) is 10.5 Å². The molecule has 3 rings (SSSR count). The number of hydrogen-bond donors (Lipinski definition) is 1. The number of ether oxygens (including phenoxy) is 2. The first-order valence-corrected chi connectivity index (χ1v) is 10.4. The second kappa shape index (κ2) is 8.18. The smallest absolute Gasteiger partial charge is 0.337 e. The molecule has 0 atom stereocenters. The highest BCUT2D eigenvalue weighted by molar-refractivity contribution is 7.89. The number of esters is 1. The van der Waals surface area contributed by atoms with Crippen molar-refractivity contribution in [1.82, 2.24) is 19.7 Å². The molecular weight excluding hydrogens is 396 g/mol. The van der Waals surface area contributed by atoms with Gasteiger partial charge in [-0.25, -0.2) is 13.2 Å². The Morgan fingerprint density at radius 1 is 1.07 bits per heavy atom. The van der Waals surface area contributed by atoms with E-state index in [1.54, 1.807) is 32.0 Å². The zero-order valence-electron chi connectivity index (χ0n) is 16.6. The molecule has 0 saturated heterocycles. The number of fused-ring (bicyclic) bond motifs is 1. The topological polar surface area (TPSA) is 114 Å². The highest BCUT2D eigenvalue weighted by Crippen LogP contribution is 2.37. The molecule has 154 valence electrons. The van der Waals surface area contributed by atoms with E-state index in [1.165, 1.54) is 30.7 Å². The molecule has 1 heterocycles. The zero-order valence-corrected chi connectivity index (χ0v) is 17.4. The lowest BCUT2D eigenvalue weighted by molar-refractivity contribution is 0.0601. The van der Waals surface area contributed by atoms with Crippen molar-refractivity contribution in [3.63, 3.8) is 0 Å². The van der Waals surface area contributed by atoms with Crippen molar-refractivity contribution in [3.05, 3.63) is 35.9 Å². The third-order valence-electron chi connectivity index (χ3n) is 4.65. The number of nitrogens with zero attached hydrogens (tertiary/aromatic N) is 3. The summed E-state index contributed by atoms with van der Waals surface area (Å²) in [6.07, 6.45) is 0. The number of benzene rings is 2. The van der Waals surface area contributed by atoms with Gasteiger partial charge >= 0.3 is 5.97 Å². The Labute approximate surface area is 168 Å². The Morgan fingerprint density at radius 3 is 2.41 bits per heavy atom. The first kappa shape index (κ1) is 20.7. The number of methoxy groups -OCH3 is 2. The fourth-order valence-corrected chi connectivity index (χ4v) is 4.65. The predicted molar refractivity (Wildman–Crippen MR) is 107 cm³/mol. The van der Waals surface area contributed by atoms with E-state index in [2.05, 4.69) is 15.4 Å². The second-order valence-corrected chi connectivity index (χ2v) is 8.10. The third kappa shape index (κ3) is 3.68. The number of aromatic nitrogens is 3. The van der Waals surface area contributed by atoms with Crippen molar-refractivity contribution in [2.45, 2.75) is 18.7 Å². The molecule has 0 aliphatic carbocycles. The monoisotopic (exact) mass is 418 g/mol. The molecule has 0 radical (unpaired) electrons. The highest BCUT2D eigenvalue weighted by atomic mass is 32.2. The third-order valence-corrected chi connectivity index (χ3v) is 6.69. The SMILES string of the molecule is CCN(CC)S(=O)(=O)c1ccc(OC)c(-c2cc(C(=O)OC)cc3n[nH]nc23)c1. The Morgan fingerprint density at radius 2 is 1.79 bits per heavy atom. The summed E-state index contributed by atoms with van der Waals surface area (Å²) in [5.74, 6) is -0.100. The van der Waals surface area contributed by atoms with E-state index in [4.69, 9.17) is 9.47 Å². The number of nitrogens with one attached hydrogen (secondary N) is 1. The van der Waals surface area contributed by atoms with Gasteiger partial charge in [0, 0.05) is 24.2 Å². The van der Waals surface area contributed by atoms with Crippen molar-refractivity contribution in [1.29, 1.82) is 0 Å². The van der Waals surface area contributed by atoms with Crippen LogP contribution in [0.3, 0.4) is 0 Å². The summed E-state index contributed by atoms with van der Waals surface area (Å²) in [5, 5.41) is 10.7. The quantitative estimate of drug-likeness (QED) is 0.586. The van der Waals surface area contributed by atoms with Crippen LogP contribution in [0.1, 0.15) is 24.2 Å². The molecule has 0 aliphatic heterocycles. The Kier molecular flexibility index (Phi) is 5.85. The average molecular weight is 418 g/mol. The lowest BCUT2D eigenvalue weighted by atomic mass is 10.00. The van der Waals surface area contributed by atoms with Gasteiger partial charge in [-0.2, -0.15) is 19.7 Å². The minimum Gasteiger partial charge on any atom is -0.496 e. The lowest BCUT2D eigenvalue weighted by Gasteiger charge is -2.19. The van der Waals surface area contributed by atoms with Crippen LogP contribution in [0, 0.1) is 0 Å². The van der Waals surface area contributed by atoms with Crippen molar-refractivity contribution < 1.29 is 22.7 Å². The van der Waals surface area contributed by atoms with Gasteiger partial charge in [0.1, 0.15) is 16.8 Å². The summed E-state index contributed by atoms with van der Waals surface area (Å²) < 4.78 is 37.6. The summed E-state index contributed by atoms with van der Waals surface area (Å²) in [6.45, 7) is 4.27. The van der Waals surface area contributed by atoms with E-state index in [0.29, 0.717) is 41.0 Å². The van der Waals surface area contributed by atoms with Gasteiger partial charge in [-0.1, -0.05) is 13.8 Å². The Hall–Kier alpha value is -2.98. The summed E-state index contributed by atoms with van der Waals surface area (Å²) in [5.41, 5.74) is 2.17. The zero-order chi connectivity index (χ0) is 21.2. The molecule has 9 nitrogen and oxygen atoms in total. The van der Waals surface area contributed by atoms with E-state index in [9.17, 15) is 13.2 Å². The average Bonchev–Trinajstić information content (AvgIpc) is 3.21. The van der Waals surface area contributed by atoms with Crippen LogP contribution in [-0.4, -0.2) is 61.4 Å². The maximum atomic E-state index is 13.0. The number of sulfonamides is 1. The van der Waals surface area contributed by atoms with Gasteiger partial charge < -0.3 is 9.47 Å². The fourth-order valence-electron chi connectivity index (χ4n) is 3.16. The van der Waals surface area contributed by atoms with Crippen molar-refractivity contribution >= 4 is 27.0 Å². The van der Waals surface area contributed by atoms with E-state index in [1.807, 2.05) is 0 Å². The van der Waals surface area contributed by atoms with E-state index >= 15 is 0 Å². The molecule has 0 unspecified atom stereocenters. The number of aromatic amines is 1.